The van der Waals surface area contributed by atoms with Gasteiger partial charge in [0.2, 0.25) is 11.8 Å². The van der Waals surface area contributed by atoms with Crippen LogP contribution in [0, 0.1) is 19.8 Å². The first-order valence-electron chi connectivity index (χ1n) is 6.83. The van der Waals surface area contributed by atoms with Crippen molar-refractivity contribution in [3.8, 4) is 0 Å². The molecular weight excluding hydrogens is 258 g/mol. The molecule has 0 aromatic carbocycles. The molecule has 0 spiro atoms. The minimum Gasteiger partial charge on any atom is -0.396 e. The molecule has 20 heavy (non-hydrogen) atoms. The Hall–Kier alpha value is -2.05. The first kappa shape index (κ1) is 14.4. The Bertz CT molecular complexity index is 519. The molecule has 7 nitrogen and oxygen atoms in total. The maximum Gasteiger partial charge on any atom is 0.241 e. The average molecular weight is 279 g/mol. The highest BCUT2D eigenvalue weighted by atomic mass is 16.2. The molecule has 0 radical (unpaired) electrons. The van der Waals surface area contributed by atoms with Crippen LogP contribution in [0.15, 0.2) is 0 Å². The average Bonchev–Trinajstić information content (AvgIpc) is 3.21. The molecule has 1 aromatic heterocycles. The highest BCUT2D eigenvalue weighted by molar-refractivity contribution is 5.81. The maximum absolute atomic E-state index is 11.8. The van der Waals surface area contributed by atoms with Gasteiger partial charge in [-0.2, -0.15) is 5.10 Å². The van der Waals surface area contributed by atoms with Gasteiger partial charge in [-0.05, 0) is 26.7 Å². The van der Waals surface area contributed by atoms with E-state index in [0.29, 0.717) is 18.8 Å². The number of hydrogen-bond donors (Lipinski definition) is 3. The van der Waals surface area contributed by atoms with Crippen molar-refractivity contribution in [1.82, 2.24) is 20.4 Å². The van der Waals surface area contributed by atoms with E-state index in [1.807, 2.05) is 13.8 Å². The summed E-state index contributed by atoms with van der Waals surface area (Å²) < 4.78 is 1.59. The van der Waals surface area contributed by atoms with Crippen LogP contribution in [0.2, 0.25) is 0 Å². The molecule has 1 aliphatic carbocycles. The molecule has 0 aliphatic heterocycles. The van der Waals surface area contributed by atoms with Gasteiger partial charge >= 0.3 is 0 Å². The van der Waals surface area contributed by atoms with Gasteiger partial charge in [-0.3, -0.25) is 14.3 Å². The van der Waals surface area contributed by atoms with Gasteiger partial charge < -0.3 is 16.4 Å². The number of nitrogens with one attached hydrogen (secondary N) is 2. The predicted octanol–water partition coefficient (Wildman–Crippen LogP) is -0.275. The maximum atomic E-state index is 11.8. The zero-order valence-corrected chi connectivity index (χ0v) is 11.9. The molecule has 1 fully saturated rings. The molecule has 0 atom stereocenters. The van der Waals surface area contributed by atoms with Crippen LogP contribution in [0.1, 0.15) is 24.2 Å². The first-order valence-corrected chi connectivity index (χ1v) is 6.83. The number of nitrogens with two attached hydrogens (primary N) is 1. The van der Waals surface area contributed by atoms with Crippen molar-refractivity contribution in [3.63, 3.8) is 0 Å². The topological polar surface area (TPSA) is 102 Å². The van der Waals surface area contributed by atoms with Gasteiger partial charge in [-0.25, -0.2) is 0 Å². The van der Waals surface area contributed by atoms with Crippen LogP contribution < -0.4 is 16.4 Å². The van der Waals surface area contributed by atoms with Crippen LogP contribution in [0.5, 0.6) is 0 Å². The number of amides is 2. The van der Waals surface area contributed by atoms with E-state index in [1.165, 1.54) is 0 Å². The number of anilines is 1. The summed E-state index contributed by atoms with van der Waals surface area (Å²) in [5, 5.41) is 9.74. The highest BCUT2D eigenvalue weighted by Gasteiger charge is 2.28. The Balaban J connectivity index is 1.69. The van der Waals surface area contributed by atoms with Gasteiger partial charge in [-0.1, -0.05) is 0 Å². The molecule has 1 aliphatic rings. The Morgan fingerprint density at radius 2 is 1.95 bits per heavy atom. The van der Waals surface area contributed by atoms with Gasteiger partial charge in [0, 0.05) is 19.0 Å². The van der Waals surface area contributed by atoms with Gasteiger partial charge in [0.1, 0.15) is 6.54 Å². The van der Waals surface area contributed by atoms with Crippen molar-refractivity contribution in [1.29, 1.82) is 0 Å². The molecule has 2 amide bonds. The van der Waals surface area contributed by atoms with E-state index >= 15 is 0 Å². The second kappa shape index (κ2) is 5.94. The lowest BCUT2D eigenvalue weighted by Crippen LogP contribution is -2.36. The summed E-state index contributed by atoms with van der Waals surface area (Å²) in [4.78, 5) is 23.1. The van der Waals surface area contributed by atoms with Crippen LogP contribution in [0.25, 0.3) is 0 Å². The SMILES string of the molecule is Cc1nn(CC(=O)NCCNC(=O)C2CC2)c(C)c1N. The largest absolute Gasteiger partial charge is 0.396 e. The van der Waals surface area contributed by atoms with Gasteiger partial charge in [0.15, 0.2) is 0 Å². The standard InChI is InChI=1S/C13H21N5O2/c1-8-12(14)9(2)18(17-8)7-11(19)15-5-6-16-13(20)10-3-4-10/h10H,3-7,14H2,1-2H3,(H,15,19)(H,16,20). The summed E-state index contributed by atoms with van der Waals surface area (Å²) in [7, 11) is 0. The van der Waals surface area contributed by atoms with Crippen LogP contribution >= 0.6 is 0 Å². The predicted molar refractivity (Wildman–Crippen MR) is 74.9 cm³/mol. The fourth-order valence-corrected chi connectivity index (χ4v) is 1.93. The quantitative estimate of drug-likeness (QED) is 0.623. The summed E-state index contributed by atoms with van der Waals surface area (Å²) >= 11 is 0. The lowest BCUT2D eigenvalue weighted by molar-refractivity contribution is -0.123. The normalized spacial score (nSPS) is 14.1. The van der Waals surface area contributed by atoms with Gasteiger partial charge in [0.25, 0.3) is 0 Å². The molecule has 2 rings (SSSR count). The number of rotatable bonds is 6. The zero-order valence-electron chi connectivity index (χ0n) is 11.9. The Kier molecular flexibility index (Phi) is 4.26. The molecule has 7 heteroatoms. The molecule has 110 valence electrons. The third-order valence-corrected chi connectivity index (χ3v) is 3.43. The number of nitrogens with zero attached hydrogens (tertiary/aromatic N) is 2. The smallest absolute Gasteiger partial charge is 0.241 e. The molecule has 1 aromatic rings. The van der Waals surface area contributed by atoms with Crippen LogP contribution in [0.3, 0.4) is 0 Å². The molecule has 4 N–H and O–H groups in total. The summed E-state index contributed by atoms with van der Waals surface area (Å²) in [5.74, 6) is 0.144. The number of carbonyl (C=O) groups excluding carboxylic acids is 2. The third-order valence-electron chi connectivity index (χ3n) is 3.43. The Morgan fingerprint density at radius 3 is 2.50 bits per heavy atom. The number of hydrogen-bond acceptors (Lipinski definition) is 4. The highest BCUT2D eigenvalue weighted by Crippen LogP contribution is 2.28. The van der Waals surface area contributed by atoms with Gasteiger partial charge in [-0.15, -0.1) is 0 Å². The molecule has 0 unspecified atom stereocenters. The first-order chi connectivity index (χ1) is 9.49. The summed E-state index contributed by atoms with van der Waals surface area (Å²) in [6, 6.07) is 0. The van der Waals surface area contributed by atoms with E-state index in [2.05, 4.69) is 15.7 Å². The van der Waals surface area contributed by atoms with Crippen LogP contribution in [0.4, 0.5) is 5.69 Å². The molecule has 1 saturated carbocycles. The summed E-state index contributed by atoms with van der Waals surface area (Å²) in [6.45, 7) is 4.66. The lowest BCUT2D eigenvalue weighted by Gasteiger charge is -2.08. The van der Waals surface area contributed by atoms with E-state index in [-0.39, 0.29) is 24.3 Å². The van der Waals surface area contributed by atoms with Crippen molar-refractivity contribution >= 4 is 17.5 Å². The number of nitrogen functional groups attached to an aromatic ring is 1. The summed E-state index contributed by atoms with van der Waals surface area (Å²) in [5.41, 5.74) is 7.95. The molecular formula is C13H21N5O2. The second-order valence-corrected chi connectivity index (χ2v) is 5.16. The van der Waals surface area contributed by atoms with E-state index in [4.69, 9.17) is 5.73 Å². The number of aryl methyl sites for hydroxylation is 1. The van der Waals surface area contributed by atoms with E-state index in [0.717, 1.165) is 24.2 Å². The molecule has 0 saturated heterocycles. The minimum absolute atomic E-state index is 0.0885. The summed E-state index contributed by atoms with van der Waals surface area (Å²) in [6.07, 6.45) is 1.97. The van der Waals surface area contributed by atoms with Crippen molar-refractivity contribution in [2.24, 2.45) is 5.92 Å². The molecule has 0 bridgehead atoms. The Labute approximate surface area is 117 Å². The number of carbonyl (C=O) groups is 2. The van der Waals surface area contributed by atoms with Crippen LogP contribution in [-0.4, -0.2) is 34.7 Å². The van der Waals surface area contributed by atoms with Gasteiger partial charge in [0.05, 0.1) is 17.1 Å². The number of aromatic nitrogens is 2. The zero-order chi connectivity index (χ0) is 14.7. The fourth-order valence-electron chi connectivity index (χ4n) is 1.93. The van der Waals surface area contributed by atoms with E-state index in [1.54, 1.807) is 4.68 Å². The van der Waals surface area contributed by atoms with Crippen LogP contribution in [-0.2, 0) is 16.1 Å². The van der Waals surface area contributed by atoms with E-state index in [9.17, 15) is 9.59 Å². The minimum atomic E-state index is -0.142. The lowest BCUT2D eigenvalue weighted by atomic mass is 10.3. The van der Waals surface area contributed by atoms with Crippen molar-refractivity contribution in [2.75, 3.05) is 18.8 Å². The van der Waals surface area contributed by atoms with E-state index < -0.39 is 0 Å². The second-order valence-electron chi connectivity index (χ2n) is 5.16. The fraction of sp³-hybridized carbons (Fsp3) is 0.615. The van der Waals surface area contributed by atoms with Crippen molar-refractivity contribution in [3.05, 3.63) is 11.4 Å². The molecule has 1 heterocycles. The Morgan fingerprint density at radius 1 is 1.30 bits per heavy atom. The van der Waals surface area contributed by atoms with Crippen molar-refractivity contribution in [2.45, 2.75) is 33.2 Å². The third kappa shape index (κ3) is 3.49. The van der Waals surface area contributed by atoms with Crippen molar-refractivity contribution < 1.29 is 9.59 Å². The monoisotopic (exact) mass is 279 g/mol.